The molecule has 0 aliphatic carbocycles. The molecule has 2 saturated heterocycles. The van der Waals surface area contributed by atoms with E-state index in [0.717, 1.165) is 38.8 Å². The van der Waals surface area contributed by atoms with Crippen LogP contribution in [-0.4, -0.2) is 68.9 Å². The maximum atomic E-state index is 13.0. The third-order valence-corrected chi connectivity index (χ3v) is 7.62. The Morgan fingerprint density at radius 1 is 1.14 bits per heavy atom. The highest BCUT2D eigenvalue weighted by Crippen LogP contribution is 2.30. The van der Waals surface area contributed by atoms with Crippen molar-refractivity contribution >= 4 is 15.9 Å². The summed E-state index contributed by atoms with van der Waals surface area (Å²) in [7, 11) is -2.22. The fraction of sp³-hybridized carbons (Fsp3) is 0.650. The van der Waals surface area contributed by atoms with Crippen molar-refractivity contribution in [2.24, 2.45) is 0 Å². The molecule has 2 aliphatic heterocycles. The SMILES string of the molecule is COc1ccc(C(=O)NC2CCN(C(C)C)CC2)cc1S(=O)(=O)N1CCCC1. The van der Waals surface area contributed by atoms with Crippen molar-refractivity contribution < 1.29 is 17.9 Å². The smallest absolute Gasteiger partial charge is 0.251 e. The van der Waals surface area contributed by atoms with Gasteiger partial charge in [-0.15, -0.1) is 0 Å². The van der Waals surface area contributed by atoms with Crippen molar-refractivity contribution in [1.29, 1.82) is 0 Å². The van der Waals surface area contributed by atoms with Crippen LogP contribution in [0.2, 0.25) is 0 Å². The minimum Gasteiger partial charge on any atom is -0.495 e. The molecule has 0 unspecified atom stereocenters. The lowest BCUT2D eigenvalue weighted by atomic mass is 10.0. The van der Waals surface area contributed by atoms with Gasteiger partial charge in [-0.2, -0.15) is 4.31 Å². The van der Waals surface area contributed by atoms with Crippen molar-refractivity contribution in [3.63, 3.8) is 0 Å². The Morgan fingerprint density at radius 3 is 2.36 bits per heavy atom. The Kier molecular flexibility index (Phi) is 6.62. The van der Waals surface area contributed by atoms with Crippen LogP contribution >= 0.6 is 0 Å². The van der Waals surface area contributed by atoms with Gasteiger partial charge in [0.2, 0.25) is 10.0 Å². The van der Waals surface area contributed by atoms with E-state index < -0.39 is 10.0 Å². The highest BCUT2D eigenvalue weighted by atomic mass is 32.2. The molecule has 2 heterocycles. The number of piperidine rings is 1. The van der Waals surface area contributed by atoms with Crippen LogP contribution in [0.5, 0.6) is 5.75 Å². The molecule has 156 valence electrons. The molecule has 28 heavy (non-hydrogen) atoms. The summed E-state index contributed by atoms with van der Waals surface area (Å²) in [5, 5.41) is 3.07. The van der Waals surface area contributed by atoms with Crippen molar-refractivity contribution in [1.82, 2.24) is 14.5 Å². The fourth-order valence-corrected chi connectivity index (χ4v) is 5.61. The van der Waals surface area contributed by atoms with Gasteiger partial charge in [0.1, 0.15) is 10.6 Å². The van der Waals surface area contributed by atoms with Crippen molar-refractivity contribution in [2.45, 2.75) is 56.5 Å². The second kappa shape index (κ2) is 8.80. The summed E-state index contributed by atoms with van der Waals surface area (Å²) in [6.45, 7) is 7.30. The molecule has 2 aliphatic rings. The van der Waals surface area contributed by atoms with Crippen LogP contribution in [0.4, 0.5) is 0 Å². The van der Waals surface area contributed by atoms with Gasteiger partial charge in [0.15, 0.2) is 0 Å². The van der Waals surface area contributed by atoms with Gasteiger partial charge in [-0.3, -0.25) is 4.79 Å². The maximum Gasteiger partial charge on any atom is 0.251 e. The molecule has 0 saturated carbocycles. The summed E-state index contributed by atoms with van der Waals surface area (Å²) < 4.78 is 32.7. The lowest BCUT2D eigenvalue weighted by molar-refractivity contribution is 0.0900. The predicted molar refractivity (Wildman–Crippen MR) is 108 cm³/mol. The summed E-state index contributed by atoms with van der Waals surface area (Å²) in [5.41, 5.74) is 0.352. The Morgan fingerprint density at radius 2 is 1.79 bits per heavy atom. The van der Waals surface area contributed by atoms with E-state index in [-0.39, 0.29) is 22.6 Å². The van der Waals surface area contributed by atoms with Crippen LogP contribution in [0.1, 0.15) is 49.9 Å². The fourth-order valence-electron chi connectivity index (χ4n) is 3.92. The average molecular weight is 410 g/mol. The van der Waals surface area contributed by atoms with E-state index in [9.17, 15) is 13.2 Å². The normalized spacial score (nSPS) is 19.9. The third-order valence-electron chi connectivity index (χ3n) is 5.70. The Bertz CT molecular complexity index is 796. The van der Waals surface area contributed by atoms with Crippen LogP contribution in [0.25, 0.3) is 0 Å². The third kappa shape index (κ3) is 4.50. The quantitative estimate of drug-likeness (QED) is 0.778. The Hall–Kier alpha value is -1.64. The number of rotatable bonds is 6. The average Bonchev–Trinajstić information content (AvgIpc) is 3.23. The van der Waals surface area contributed by atoms with Crippen LogP contribution in [-0.2, 0) is 10.0 Å². The predicted octanol–water partition coefficient (Wildman–Crippen LogP) is 2.08. The Labute approximate surface area is 168 Å². The summed E-state index contributed by atoms with van der Waals surface area (Å²) >= 11 is 0. The first-order valence-electron chi connectivity index (χ1n) is 10.1. The molecule has 0 radical (unpaired) electrons. The molecule has 7 nitrogen and oxygen atoms in total. The lowest BCUT2D eigenvalue weighted by Gasteiger charge is -2.34. The van der Waals surface area contributed by atoms with E-state index in [1.165, 1.54) is 17.5 Å². The molecule has 0 aromatic heterocycles. The van der Waals surface area contributed by atoms with E-state index in [1.54, 1.807) is 12.1 Å². The number of hydrogen-bond donors (Lipinski definition) is 1. The van der Waals surface area contributed by atoms with Crippen LogP contribution in [0.3, 0.4) is 0 Å². The summed E-state index contributed by atoms with van der Waals surface area (Å²) in [5.74, 6) is 0.0391. The van der Waals surface area contributed by atoms with E-state index >= 15 is 0 Å². The first kappa shape index (κ1) is 21.1. The molecule has 1 amide bonds. The number of nitrogens with one attached hydrogen (secondary N) is 1. The standard InChI is InChI=1S/C20H31N3O4S/c1-15(2)22-12-8-17(9-13-22)21-20(24)16-6-7-18(27-3)19(14-16)28(25,26)23-10-4-5-11-23/h6-7,14-15,17H,4-5,8-13H2,1-3H3,(H,21,24). The number of benzene rings is 1. The van der Waals surface area contributed by atoms with Crippen molar-refractivity contribution in [3.05, 3.63) is 23.8 Å². The molecule has 1 N–H and O–H groups in total. The first-order valence-corrected chi connectivity index (χ1v) is 11.5. The maximum absolute atomic E-state index is 13.0. The van der Waals surface area contributed by atoms with Crippen molar-refractivity contribution in [2.75, 3.05) is 33.3 Å². The largest absolute Gasteiger partial charge is 0.495 e. The number of carbonyl (C=O) groups is 1. The Balaban J connectivity index is 1.75. The van der Waals surface area contributed by atoms with E-state index in [1.807, 2.05) is 0 Å². The summed E-state index contributed by atoms with van der Waals surface area (Å²) in [6, 6.07) is 5.27. The monoisotopic (exact) mass is 409 g/mol. The second-order valence-corrected chi connectivity index (χ2v) is 9.76. The van der Waals surface area contributed by atoms with Gasteiger partial charge in [0.05, 0.1) is 7.11 Å². The molecule has 0 atom stereocenters. The van der Waals surface area contributed by atoms with Gasteiger partial charge in [0.25, 0.3) is 5.91 Å². The van der Waals surface area contributed by atoms with Crippen molar-refractivity contribution in [3.8, 4) is 5.75 Å². The van der Waals surface area contributed by atoms with Gasteiger partial charge in [-0.25, -0.2) is 8.42 Å². The van der Waals surface area contributed by atoms with Gasteiger partial charge in [-0.1, -0.05) is 0 Å². The number of likely N-dealkylation sites (tertiary alicyclic amines) is 1. The molecule has 8 heteroatoms. The van der Waals surface area contributed by atoms with Crippen LogP contribution < -0.4 is 10.1 Å². The topological polar surface area (TPSA) is 79.0 Å². The number of sulfonamides is 1. The zero-order valence-corrected chi connectivity index (χ0v) is 17.8. The molecular weight excluding hydrogens is 378 g/mol. The molecule has 2 fully saturated rings. The number of hydrogen-bond acceptors (Lipinski definition) is 5. The van der Waals surface area contributed by atoms with E-state index in [2.05, 4.69) is 24.1 Å². The van der Waals surface area contributed by atoms with E-state index in [4.69, 9.17) is 4.74 Å². The van der Waals surface area contributed by atoms with Gasteiger partial charge >= 0.3 is 0 Å². The minimum absolute atomic E-state index is 0.0687. The zero-order chi connectivity index (χ0) is 20.3. The van der Waals surface area contributed by atoms with Gasteiger partial charge < -0.3 is 15.0 Å². The summed E-state index contributed by atoms with van der Waals surface area (Å²) in [4.78, 5) is 15.2. The minimum atomic E-state index is -3.67. The molecule has 3 rings (SSSR count). The molecular formula is C20H31N3O4S. The number of ether oxygens (including phenoxy) is 1. The highest BCUT2D eigenvalue weighted by Gasteiger charge is 2.31. The van der Waals surface area contributed by atoms with Crippen LogP contribution in [0, 0.1) is 0 Å². The van der Waals surface area contributed by atoms with E-state index in [0.29, 0.717) is 24.7 Å². The molecule has 0 spiro atoms. The first-order chi connectivity index (χ1) is 13.3. The summed E-state index contributed by atoms with van der Waals surface area (Å²) in [6.07, 6.45) is 3.52. The molecule has 0 bridgehead atoms. The van der Waals surface area contributed by atoms with Gasteiger partial charge in [-0.05, 0) is 57.7 Å². The molecule has 1 aromatic rings. The lowest BCUT2D eigenvalue weighted by Crippen LogP contribution is -2.46. The van der Waals surface area contributed by atoms with Crippen LogP contribution in [0.15, 0.2) is 23.1 Å². The number of nitrogens with zero attached hydrogens (tertiary/aromatic N) is 2. The molecule has 1 aromatic carbocycles. The van der Waals surface area contributed by atoms with Gasteiger partial charge in [0, 0.05) is 43.8 Å². The number of carbonyl (C=O) groups excluding carboxylic acids is 1. The zero-order valence-electron chi connectivity index (χ0n) is 17.0. The highest BCUT2D eigenvalue weighted by molar-refractivity contribution is 7.89. The number of amides is 1. The number of methoxy groups -OCH3 is 1. The second-order valence-electron chi connectivity index (χ2n) is 7.85.